The summed E-state index contributed by atoms with van der Waals surface area (Å²) < 4.78 is 18.3. The van der Waals surface area contributed by atoms with Crippen molar-refractivity contribution in [3.05, 3.63) is 67.9 Å². The number of hydrogen-bond acceptors (Lipinski definition) is 5. The maximum Gasteiger partial charge on any atom is 0.311 e. The number of ether oxygens (including phenoxy) is 1. The van der Waals surface area contributed by atoms with Crippen LogP contribution in [-0.2, 0) is 20.7 Å². The molecule has 0 radical (unpaired) electrons. The van der Waals surface area contributed by atoms with E-state index < -0.39 is 34.4 Å². The molecule has 2 rings (SSSR count). The lowest BCUT2D eigenvalue weighted by molar-refractivity contribution is -0.387. The van der Waals surface area contributed by atoms with E-state index in [9.17, 15) is 24.1 Å². The molecular formula is C17H13Cl2FN2O5. The first-order valence-corrected chi connectivity index (χ1v) is 8.31. The number of nitro benzene ring substituents is 1. The summed E-state index contributed by atoms with van der Waals surface area (Å²) in [4.78, 5) is 33.8. The van der Waals surface area contributed by atoms with E-state index in [0.29, 0.717) is 10.6 Å². The third kappa shape index (κ3) is 5.63. The van der Waals surface area contributed by atoms with E-state index in [4.69, 9.17) is 27.9 Å². The maximum absolute atomic E-state index is 13.3. The van der Waals surface area contributed by atoms with Gasteiger partial charge in [0.25, 0.3) is 5.91 Å². The zero-order valence-corrected chi connectivity index (χ0v) is 15.4. The molecule has 0 aromatic heterocycles. The zero-order valence-electron chi connectivity index (χ0n) is 13.9. The number of rotatable bonds is 6. The highest BCUT2D eigenvalue weighted by molar-refractivity contribution is 6.42. The van der Waals surface area contributed by atoms with Crippen LogP contribution in [0.1, 0.15) is 12.5 Å². The second kappa shape index (κ2) is 8.79. The molecule has 2 aromatic carbocycles. The van der Waals surface area contributed by atoms with Gasteiger partial charge in [-0.25, -0.2) is 0 Å². The molecular weight excluding hydrogens is 402 g/mol. The van der Waals surface area contributed by atoms with E-state index >= 15 is 0 Å². The highest BCUT2D eigenvalue weighted by atomic mass is 35.5. The Balaban J connectivity index is 1.96. The summed E-state index contributed by atoms with van der Waals surface area (Å²) >= 11 is 11.7. The summed E-state index contributed by atoms with van der Waals surface area (Å²) in [5, 5.41) is 13.7. The minimum absolute atomic E-state index is 0.000446. The van der Waals surface area contributed by atoms with Crippen LogP contribution in [0.4, 0.5) is 15.8 Å². The summed E-state index contributed by atoms with van der Waals surface area (Å²) in [7, 11) is 0. The SMILES string of the molecule is CC(OC(=O)Cc1ccc(Cl)c(Cl)c1)C(=O)Nc1ccc(F)c([N+](=O)[O-])c1. The van der Waals surface area contributed by atoms with E-state index in [-0.39, 0.29) is 17.1 Å². The van der Waals surface area contributed by atoms with Crippen LogP contribution < -0.4 is 5.32 Å². The van der Waals surface area contributed by atoms with Gasteiger partial charge in [-0.2, -0.15) is 4.39 Å². The number of nitrogens with zero attached hydrogens (tertiary/aromatic N) is 1. The quantitative estimate of drug-likeness (QED) is 0.434. The van der Waals surface area contributed by atoms with Crippen LogP contribution in [0.25, 0.3) is 0 Å². The lowest BCUT2D eigenvalue weighted by Gasteiger charge is -2.14. The van der Waals surface area contributed by atoms with E-state index in [1.165, 1.54) is 19.1 Å². The van der Waals surface area contributed by atoms with Crippen molar-refractivity contribution in [2.24, 2.45) is 0 Å². The van der Waals surface area contributed by atoms with Gasteiger partial charge in [-0.05, 0) is 36.8 Å². The molecule has 7 nitrogen and oxygen atoms in total. The number of carbonyl (C=O) groups is 2. The molecule has 27 heavy (non-hydrogen) atoms. The Morgan fingerprint density at radius 2 is 1.93 bits per heavy atom. The molecule has 1 atom stereocenters. The summed E-state index contributed by atoms with van der Waals surface area (Å²) in [5.74, 6) is -2.43. The molecule has 1 amide bonds. The van der Waals surface area contributed by atoms with Gasteiger partial charge in [-0.3, -0.25) is 19.7 Å². The number of hydrogen-bond donors (Lipinski definition) is 1. The molecule has 0 saturated heterocycles. The number of amides is 1. The number of esters is 1. The monoisotopic (exact) mass is 414 g/mol. The molecule has 1 N–H and O–H groups in total. The topological polar surface area (TPSA) is 98.5 Å². The van der Waals surface area contributed by atoms with Crippen molar-refractivity contribution >= 4 is 46.5 Å². The predicted molar refractivity (Wildman–Crippen MR) is 97.4 cm³/mol. The van der Waals surface area contributed by atoms with Crippen molar-refractivity contribution in [2.45, 2.75) is 19.4 Å². The fourth-order valence-corrected chi connectivity index (χ4v) is 2.40. The van der Waals surface area contributed by atoms with E-state index in [1.807, 2.05) is 0 Å². The average Bonchev–Trinajstić information content (AvgIpc) is 2.59. The lowest BCUT2D eigenvalue weighted by Crippen LogP contribution is -2.30. The Kier molecular flexibility index (Phi) is 6.70. The van der Waals surface area contributed by atoms with Gasteiger partial charge in [-0.1, -0.05) is 29.3 Å². The summed E-state index contributed by atoms with van der Waals surface area (Å²) in [5.41, 5.74) is -0.228. The van der Waals surface area contributed by atoms with Gasteiger partial charge < -0.3 is 10.1 Å². The summed E-state index contributed by atoms with van der Waals surface area (Å²) in [6.45, 7) is 1.33. The van der Waals surface area contributed by atoms with E-state index in [2.05, 4.69) is 5.32 Å². The number of nitro groups is 1. The van der Waals surface area contributed by atoms with Crippen LogP contribution in [0.2, 0.25) is 10.0 Å². The fourth-order valence-electron chi connectivity index (χ4n) is 2.08. The van der Waals surface area contributed by atoms with Crippen molar-refractivity contribution in [3.63, 3.8) is 0 Å². The second-order valence-electron chi connectivity index (χ2n) is 5.47. The van der Waals surface area contributed by atoms with E-state index in [0.717, 1.165) is 18.2 Å². The fraction of sp³-hybridized carbons (Fsp3) is 0.176. The zero-order chi connectivity index (χ0) is 20.1. The average molecular weight is 415 g/mol. The molecule has 0 aliphatic heterocycles. The molecule has 1 unspecified atom stereocenters. The minimum atomic E-state index is -1.18. The summed E-state index contributed by atoms with van der Waals surface area (Å²) in [6, 6.07) is 7.52. The Labute approximate surface area is 163 Å². The van der Waals surface area contributed by atoms with Crippen molar-refractivity contribution < 1.29 is 23.6 Å². The van der Waals surface area contributed by atoms with Crippen LogP contribution >= 0.6 is 23.2 Å². The molecule has 0 bridgehead atoms. The highest BCUT2D eigenvalue weighted by Gasteiger charge is 2.20. The normalized spacial score (nSPS) is 11.6. The molecule has 2 aromatic rings. The standard InChI is InChI=1S/C17H13Cl2FN2O5/c1-9(27-16(23)7-10-2-4-12(18)13(19)6-10)17(24)21-11-3-5-14(20)15(8-11)22(25)26/h2-6,8-9H,7H2,1H3,(H,21,24). The largest absolute Gasteiger partial charge is 0.452 e. The molecule has 0 spiro atoms. The van der Waals surface area contributed by atoms with Crippen molar-refractivity contribution in [3.8, 4) is 0 Å². The maximum atomic E-state index is 13.3. The van der Waals surface area contributed by atoms with Crippen LogP contribution in [0.5, 0.6) is 0 Å². The van der Waals surface area contributed by atoms with Crippen molar-refractivity contribution in [2.75, 3.05) is 5.32 Å². The predicted octanol–water partition coefficient (Wildman–Crippen LogP) is 4.15. The van der Waals surface area contributed by atoms with Crippen LogP contribution in [-0.4, -0.2) is 22.9 Å². The number of anilines is 1. The highest BCUT2D eigenvalue weighted by Crippen LogP contribution is 2.23. The Hall–Kier alpha value is -2.71. The first kappa shape index (κ1) is 20.6. The minimum Gasteiger partial charge on any atom is -0.452 e. The van der Waals surface area contributed by atoms with Gasteiger partial charge in [0.15, 0.2) is 6.10 Å². The van der Waals surface area contributed by atoms with E-state index in [1.54, 1.807) is 6.07 Å². The Morgan fingerprint density at radius 3 is 2.56 bits per heavy atom. The van der Waals surface area contributed by atoms with Gasteiger partial charge in [0.2, 0.25) is 5.82 Å². The molecule has 0 aliphatic carbocycles. The Morgan fingerprint density at radius 1 is 1.22 bits per heavy atom. The van der Waals surface area contributed by atoms with Gasteiger partial charge in [0.05, 0.1) is 21.4 Å². The van der Waals surface area contributed by atoms with Crippen LogP contribution in [0.15, 0.2) is 36.4 Å². The first-order chi connectivity index (χ1) is 12.7. The molecule has 0 aliphatic rings. The van der Waals surface area contributed by atoms with Gasteiger partial charge in [-0.15, -0.1) is 0 Å². The smallest absolute Gasteiger partial charge is 0.311 e. The number of benzene rings is 2. The summed E-state index contributed by atoms with van der Waals surface area (Å²) in [6.07, 6.45) is -1.30. The number of carbonyl (C=O) groups excluding carboxylic acids is 2. The lowest BCUT2D eigenvalue weighted by atomic mass is 10.1. The van der Waals surface area contributed by atoms with Crippen molar-refractivity contribution in [1.29, 1.82) is 0 Å². The van der Waals surface area contributed by atoms with Gasteiger partial charge in [0.1, 0.15) is 0 Å². The molecule has 10 heteroatoms. The second-order valence-corrected chi connectivity index (χ2v) is 6.28. The molecule has 0 saturated carbocycles. The first-order valence-electron chi connectivity index (χ1n) is 7.55. The van der Waals surface area contributed by atoms with Crippen molar-refractivity contribution in [1.82, 2.24) is 0 Å². The van der Waals surface area contributed by atoms with Gasteiger partial charge >= 0.3 is 11.7 Å². The third-order valence-corrected chi connectivity index (χ3v) is 4.16. The molecule has 0 fully saturated rings. The van der Waals surface area contributed by atoms with Crippen LogP contribution in [0, 0.1) is 15.9 Å². The van der Waals surface area contributed by atoms with Gasteiger partial charge in [0, 0.05) is 11.8 Å². The number of nitrogens with one attached hydrogen (secondary N) is 1. The van der Waals surface area contributed by atoms with Crippen LogP contribution in [0.3, 0.4) is 0 Å². The molecule has 0 heterocycles. The Bertz CT molecular complexity index is 907. The number of halogens is 3. The molecule has 142 valence electrons. The third-order valence-electron chi connectivity index (χ3n) is 3.42.